The molecule has 8 nitrogen and oxygen atoms in total. The fourth-order valence-corrected chi connectivity index (χ4v) is 2.68. The fourth-order valence-electron chi connectivity index (χ4n) is 2.68. The van der Waals surface area contributed by atoms with Crippen LogP contribution in [0.1, 0.15) is 27.3 Å². The molecule has 3 aromatic rings. The highest BCUT2D eigenvalue weighted by Crippen LogP contribution is 2.23. The molecule has 0 aliphatic heterocycles. The van der Waals surface area contributed by atoms with Crippen molar-refractivity contribution in [1.82, 2.24) is 19.6 Å². The predicted molar refractivity (Wildman–Crippen MR) is 99.9 cm³/mol. The van der Waals surface area contributed by atoms with E-state index >= 15 is 0 Å². The Labute approximate surface area is 156 Å². The molecule has 0 bridgehead atoms. The van der Waals surface area contributed by atoms with Crippen LogP contribution >= 0.6 is 0 Å². The normalized spacial score (nSPS) is 10.7. The Balaban J connectivity index is 1.67. The number of carbonyl (C=O) groups excluding carboxylic acids is 2. The van der Waals surface area contributed by atoms with Crippen LogP contribution < -0.4 is 5.32 Å². The second-order valence-corrected chi connectivity index (χ2v) is 6.32. The van der Waals surface area contributed by atoms with Gasteiger partial charge in [0.05, 0.1) is 34.5 Å². The molecule has 1 aromatic carbocycles. The first kappa shape index (κ1) is 18.4. The zero-order valence-corrected chi connectivity index (χ0v) is 15.7. The van der Waals surface area contributed by atoms with Crippen molar-refractivity contribution in [2.24, 2.45) is 7.05 Å². The molecule has 8 heteroatoms. The minimum atomic E-state index is -0.595. The number of aromatic nitrogens is 4. The van der Waals surface area contributed by atoms with E-state index in [-0.39, 0.29) is 6.61 Å². The van der Waals surface area contributed by atoms with E-state index in [0.29, 0.717) is 16.9 Å². The Kier molecular flexibility index (Phi) is 5.07. The molecule has 0 aliphatic rings. The third kappa shape index (κ3) is 4.05. The number of benzene rings is 1. The molecule has 3 rings (SSSR count). The molecule has 1 amide bonds. The summed E-state index contributed by atoms with van der Waals surface area (Å²) in [5.41, 5.74) is 4.44. The number of amides is 1. The number of rotatable bonds is 5. The molecule has 0 fully saturated rings. The number of anilines is 1. The summed E-state index contributed by atoms with van der Waals surface area (Å²) in [6.07, 6.45) is 2.92. The molecule has 2 heterocycles. The minimum Gasteiger partial charge on any atom is -0.452 e. The van der Waals surface area contributed by atoms with Gasteiger partial charge in [0.25, 0.3) is 5.91 Å². The number of nitrogens with zero attached hydrogens (tertiary/aromatic N) is 4. The van der Waals surface area contributed by atoms with Gasteiger partial charge in [-0.2, -0.15) is 10.2 Å². The number of esters is 1. The van der Waals surface area contributed by atoms with Crippen molar-refractivity contribution >= 4 is 17.6 Å². The lowest BCUT2D eigenvalue weighted by atomic mass is 10.2. The van der Waals surface area contributed by atoms with E-state index in [4.69, 9.17) is 4.74 Å². The third-order valence-corrected chi connectivity index (χ3v) is 4.11. The second-order valence-electron chi connectivity index (χ2n) is 6.32. The monoisotopic (exact) mass is 367 g/mol. The van der Waals surface area contributed by atoms with E-state index in [1.807, 2.05) is 45.0 Å². The van der Waals surface area contributed by atoms with E-state index in [1.165, 1.54) is 17.1 Å². The van der Waals surface area contributed by atoms with Crippen LogP contribution in [0.3, 0.4) is 0 Å². The van der Waals surface area contributed by atoms with Gasteiger partial charge in [0.15, 0.2) is 6.61 Å². The molecule has 27 heavy (non-hydrogen) atoms. The van der Waals surface area contributed by atoms with Crippen molar-refractivity contribution in [1.29, 1.82) is 0 Å². The molecule has 1 N–H and O–H groups in total. The lowest BCUT2D eigenvalue weighted by Crippen LogP contribution is -2.21. The molecule has 0 atom stereocenters. The van der Waals surface area contributed by atoms with Crippen molar-refractivity contribution in [3.8, 4) is 5.69 Å². The lowest BCUT2D eigenvalue weighted by Gasteiger charge is -2.08. The Morgan fingerprint density at radius 1 is 1.15 bits per heavy atom. The van der Waals surface area contributed by atoms with Crippen LogP contribution in [0.2, 0.25) is 0 Å². The molecule has 140 valence electrons. The van der Waals surface area contributed by atoms with E-state index in [2.05, 4.69) is 15.5 Å². The summed E-state index contributed by atoms with van der Waals surface area (Å²) in [6.45, 7) is 5.32. The number of nitrogens with one attached hydrogen (secondary N) is 1. The second kappa shape index (κ2) is 7.45. The van der Waals surface area contributed by atoms with Crippen LogP contribution in [-0.4, -0.2) is 38.0 Å². The van der Waals surface area contributed by atoms with Crippen molar-refractivity contribution in [2.45, 2.75) is 20.8 Å². The first-order valence-electron chi connectivity index (χ1n) is 8.44. The Bertz CT molecular complexity index is 985. The summed E-state index contributed by atoms with van der Waals surface area (Å²) in [7, 11) is 1.70. The van der Waals surface area contributed by atoms with Gasteiger partial charge in [-0.1, -0.05) is 17.7 Å². The fraction of sp³-hybridized carbons (Fsp3) is 0.263. The predicted octanol–water partition coefficient (Wildman–Crippen LogP) is 2.33. The summed E-state index contributed by atoms with van der Waals surface area (Å²) < 4.78 is 8.29. The Morgan fingerprint density at radius 3 is 2.48 bits per heavy atom. The highest BCUT2D eigenvalue weighted by molar-refractivity contribution is 5.96. The van der Waals surface area contributed by atoms with Crippen LogP contribution in [0, 0.1) is 20.8 Å². The third-order valence-electron chi connectivity index (χ3n) is 4.11. The molecule has 0 spiro atoms. The van der Waals surface area contributed by atoms with Crippen molar-refractivity contribution in [2.75, 3.05) is 11.9 Å². The Morgan fingerprint density at radius 2 is 1.85 bits per heavy atom. The SMILES string of the molecule is Cc1ccc(-n2nc(C)c(NC(=O)COC(=O)c3cnn(C)c3)c2C)cc1. The van der Waals surface area contributed by atoms with Gasteiger partial charge in [-0.3, -0.25) is 9.48 Å². The van der Waals surface area contributed by atoms with Crippen LogP contribution in [0.15, 0.2) is 36.7 Å². The maximum absolute atomic E-state index is 12.2. The highest BCUT2D eigenvalue weighted by Gasteiger charge is 2.17. The largest absolute Gasteiger partial charge is 0.452 e. The van der Waals surface area contributed by atoms with Gasteiger partial charge < -0.3 is 10.1 Å². The molecule has 0 aliphatic carbocycles. The molecule has 0 unspecified atom stereocenters. The number of carbonyl (C=O) groups is 2. The Hall–Kier alpha value is -3.42. The van der Waals surface area contributed by atoms with Gasteiger partial charge in [0.2, 0.25) is 0 Å². The quantitative estimate of drug-likeness (QED) is 0.699. The zero-order valence-electron chi connectivity index (χ0n) is 15.7. The minimum absolute atomic E-state index is 0.296. The first-order chi connectivity index (χ1) is 12.8. The molecular weight excluding hydrogens is 346 g/mol. The van der Waals surface area contributed by atoms with Gasteiger partial charge in [-0.25, -0.2) is 9.48 Å². The average Bonchev–Trinajstić information content (AvgIpc) is 3.19. The number of hydrogen-bond acceptors (Lipinski definition) is 5. The summed E-state index contributed by atoms with van der Waals surface area (Å²) in [4.78, 5) is 24.1. The van der Waals surface area contributed by atoms with Crippen molar-refractivity contribution in [3.63, 3.8) is 0 Å². The van der Waals surface area contributed by atoms with E-state index in [1.54, 1.807) is 11.7 Å². The zero-order chi connectivity index (χ0) is 19.6. The summed E-state index contributed by atoms with van der Waals surface area (Å²) in [5.74, 6) is -1.02. The topological polar surface area (TPSA) is 91.0 Å². The maximum Gasteiger partial charge on any atom is 0.341 e. The first-order valence-corrected chi connectivity index (χ1v) is 8.44. The summed E-state index contributed by atoms with van der Waals surface area (Å²) in [5, 5.41) is 11.2. The molecule has 2 aromatic heterocycles. The van der Waals surface area contributed by atoms with Crippen LogP contribution in [0.5, 0.6) is 0 Å². The van der Waals surface area contributed by atoms with E-state index in [0.717, 1.165) is 16.9 Å². The summed E-state index contributed by atoms with van der Waals surface area (Å²) >= 11 is 0. The average molecular weight is 367 g/mol. The maximum atomic E-state index is 12.2. The number of hydrogen-bond donors (Lipinski definition) is 1. The van der Waals surface area contributed by atoms with Gasteiger partial charge >= 0.3 is 5.97 Å². The van der Waals surface area contributed by atoms with Crippen LogP contribution in [0.25, 0.3) is 5.69 Å². The van der Waals surface area contributed by atoms with Crippen molar-refractivity contribution in [3.05, 3.63) is 59.2 Å². The van der Waals surface area contributed by atoms with E-state index in [9.17, 15) is 9.59 Å². The van der Waals surface area contributed by atoms with Crippen molar-refractivity contribution < 1.29 is 14.3 Å². The molecule has 0 saturated carbocycles. The van der Waals surface area contributed by atoms with Gasteiger partial charge in [-0.05, 0) is 32.9 Å². The standard InChI is InChI=1S/C19H21N5O3/c1-12-5-7-16(8-6-12)24-14(3)18(13(2)22-24)21-17(25)11-27-19(26)15-9-20-23(4)10-15/h5-10H,11H2,1-4H3,(H,21,25). The number of ether oxygens (including phenoxy) is 1. The van der Waals surface area contributed by atoms with Gasteiger partial charge in [-0.15, -0.1) is 0 Å². The van der Waals surface area contributed by atoms with Crippen LogP contribution in [-0.2, 0) is 16.6 Å². The van der Waals surface area contributed by atoms with E-state index < -0.39 is 11.9 Å². The summed E-state index contributed by atoms with van der Waals surface area (Å²) in [6, 6.07) is 7.94. The lowest BCUT2D eigenvalue weighted by molar-refractivity contribution is -0.119. The molecular formula is C19H21N5O3. The highest BCUT2D eigenvalue weighted by atomic mass is 16.5. The molecule has 0 radical (unpaired) electrons. The molecule has 0 saturated heterocycles. The smallest absolute Gasteiger partial charge is 0.341 e. The van der Waals surface area contributed by atoms with Crippen LogP contribution in [0.4, 0.5) is 5.69 Å². The van der Waals surface area contributed by atoms with Gasteiger partial charge in [0.1, 0.15) is 0 Å². The van der Waals surface area contributed by atoms with Gasteiger partial charge in [0, 0.05) is 13.2 Å². The number of aryl methyl sites for hydroxylation is 3.